The van der Waals surface area contributed by atoms with Crippen molar-refractivity contribution in [2.45, 2.75) is 33.2 Å². The molecule has 1 heterocycles. The molecule has 4 nitrogen and oxygen atoms in total. The molecule has 4 heteroatoms. The highest BCUT2D eigenvalue weighted by Gasteiger charge is 2.34. The summed E-state index contributed by atoms with van der Waals surface area (Å²) in [4.78, 5) is 13.7. The van der Waals surface area contributed by atoms with Gasteiger partial charge in [0.05, 0.1) is 6.04 Å². The van der Waals surface area contributed by atoms with E-state index in [1.807, 2.05) is 20.8 Å². The Morgan fingerprint density at radius 1 is 1.60 bits per heavy atom. The average Bonchev–Trinajstić information content (AvgIpc) is 2.62. The monoisotopic (exact) mass is 214 g/mol. The number of amides is 1. The third kappa shape index (κ3) is 2.92. The lowest BCUT2D eigenvalue weighted by Crippen LogP contribution is -2.49. The van der Waals surface area contributed by atoms with E-state index >= 15 is 0 Å². The van der Waals surface area contributed by atoms with E-state index in [9.17, 15) is 4.79 Å². The van der Waals surface area contributed by atoms with E-state index in [4.69, 9.17) is 10.8 Å². The highest BCUT2D eigenvalue weighted by molar-refractivity contribution is 5.82. The van der Waals surface area contributed by atoms with Gasteiger partial charge in [0.25, 0.3) is 0 Å². The fourth-order valence-electron chi connectivity index (χ4n) is 1.75. The molecule has 0 aromatic rings. The summed E-state index contributed by atoms with van der Waals surface area (Å²) in [6.07, 6.45) is 0.888. The number of rotatable bonds is 2. The van der Waals surface area contributed by atoms with Gasteiger partial charge in [0.1, 0.15) is 0 Å². The van der Waals surface area contributed by atoms with Crippen molar-refractivity contribution in [3.05, 3.63) is 0 Å². The predicted octanol–water partition coefficient (Wildman–Crippen LogP) is 0.201. The van der Waals surface area contributed by atoms with Crippen molar-refractivity contribution in [3.8, 4) is 0 Å². The number of nitrogens with zero attached hydrogens (tertiary/aromatic N) is 1. The first-order valence-corrected chi connectivity index (χ1v) is 5.51. The van der Waals surface area contributed by atoms with Crippen LogP contribution in [0.1, 0.15) is 27.2 Å². The van der Waals surface area contributed by atoms with E-state index < -0.39 is 6.04 Å². The smallest absolute Gasteiger partial charge is 0.240 e. The lowest BCUT2D eigenvalue weighted by molar-refractivity contribution is -0.134. The number of carbonyl (C=O) groups is 1. The molecule has 1 aliphatic heterocycles. The maximum Gasteiger partial charge on any atom is 0.240 e. The SMILES string of the molecule is CC(C)(C)[C@@H](N)C(=O)N1CCC(CO)C1. The van der Waals surface area contributed by atoms with E-state index in [1.165, 1.54) is 0 Å². The van der Waals surface area contributed by atoms with Crippen LogP contribution < -0.4 is 5.73 Å². The first-order valence-electron chi connectivity index (χ1n) is 5.51. The number of hydrogen-bond donors (Lipinski definition) is 2. The summed E-state index contributed by atoms with van der Waals surface area (Å²) >= 11 is 0. The van der Waals surface area contributed by atoms with Crippen molar-refractivity contribution in [1.29, 1.82) is 0 Å². The van der Waals surface area contributed by atoms with Crippen LogP contribution in [0.3, 0.4) is 0 Å². The van der Waals surface area contributed by atoms with Gasteiger partial charge in [0.2, 0.25) is 5.91 Å². The Hall–Kier alpha value is -0.610. The summed E-state index contributed by atoms with van der Waals surface area (Å²) in [5.41, 5.74) is 5.71. The van der Waals surface area contributed by atoms with Crippen LogP contribution in [0, 0.1) is 11.3 Å². The number of hydrogen-bond acceptors (Lipinski definition) is 3. The van der Waals surface area contributed by atoms with Crippen LogP contribution in [0.4, 0.5) is 0 Å². The summed E-state index contributed by atoms with van der Waals surface area (Å²) in [5, 5.41) is 8.99. The fraction of sp³-hybridized carbons (Fsp3) is 0.909. The molecule has 3 N–H and O–H groups in total. The van der Waals surface area contributed by atoms with Crippen LogP contribution in [0.5, 0.6) is 0 Å². The summed E-state index contributed by atoms with van der Waals surface area (Å²) in [6.45, 7) is 7.45. The van der Waals surface area contributed by atoms with Gasteiger partial charge in [-0.3, -0.25) is 4.79 Å². The van der Waals surface area contributed by atoms with Gasteiger partial charge >= 0.3 is 0 Å². The van der Waals surface area contributed by atoms with Crippen LogP contribution in [0.2, 0.25) is 0 Å². The minimum Gasteiger partial charge on any atom is -0.396 e. The Balaban J connectivity index is 2.55. The minimum absolute atomic E-state index is 0.0125. The molecular weight excluding hydrogens is 192 g/mol. The molecule has 1 amide bonds. The molecule has 0 aliphatic carbocycles. The van der Waals surface area contributed by atoms with Gasteiger partial charge < -0.3 is 15.7 Å². The third-order valence-corrected chi connectivity index (χ3v) is 3.05. The topological polar surface area (TPSA) is 66.6 Å². The number of nitrogens with two attached hydrogens (primary N) is 1. The van der Waals surface area contributed by atoms with Gasteiger partial charge in [-0.25, -0.2) is 0 Å². The number of aliphatic hydroxyl groups is 1. The molecule has 0 aromatic heterocycles. The zero-order valence-corrected chi connectivity index (χ0v) is 9.86. The molecule has 1 unspecified atom stereocenters. The summed E-state index contributed by atoms with van der Waals surface area (Å²) in [5.74, 6) is 0.250. The van der Waals surface area contributed by atoms with E-state index in [1.54, 1.807) is 4.90 Å². The normalized spacial score (nSPS) is 24.3. The lowest BCUT2D eigenvalue weighted by atomic mass is 9.86. The Morgan fingerprint density at radius 3 is 2.60 bits per heavy atom. The zero-order chi connectivity index (χ0) is 11.6. The summed E-state index contributed by atoms with van der Waals surface area (Å²) in [6, 6.07) is -0.449. The zero-order valence-electron chi connectivity index (χ0n) is 9.86. The van der Waals surface area contributed by atoms with Crippen LogP contribution in [0.25, 0.3) is 0 Å². The van der Waals surface area contributed by atoms with Crippen molar-refractivity contribution >= 4 is 5.91 Å². The second-order valence-corrected chi connectivity index (χ2v) is 5.47. The molecule has 0 aromatic carbocycles. The van der Waals surface area contributed by atoms with Crippen molar-refractivity contribution in [2.75, 3.05) is 19.7 Å². The molecule has 2 atom stereocenters. The van der Waals surface area contributed by atoms with Crippen molar-refractivity contribution in [2.24, 2.45) is 17.1 Å². The fourth-order valence-corrected chi connectivity index (χ4v) is 1.75. The second-order valence-electron chi connectivity index (χ2n) is 5.47. The largest absolute Gasteiger partial charge is 0.396 e. The molecular formula is C11H22N2O2. The predicted molar refractivity (Wildman–Crippen MR) is 59.2 cm³/mol. The van der Waals surface area contributed by atoms with Crippen LogP contribution in [-0.4, -0.2) is 41.7 Å². The van der Waals surface area contributed by atoms with Gasteiger partial charge in [-0.15, -0.1) is 0 Å². The Morgan fingerprint density at radius 2 is 2.20 bits per heavy atom. The Labute approximate surface area is 91.4 Å². The maximum absolute atomic E-state index is 12.0. The molecule has 0 radical (unpaired) electrons. The molecule has 0 spiro atoms. The second kappa shape index (κ2) is 4.49. The average molecular weight is 214 g/mol. The van der Waals surface area contributed by atoms with E-state index in [0.29, 0.717) is 6.54 Å². The standard InChI is InChI=1S/C11H22N2O2/c1-11(2,3)9(12)10(15)13-5-4-8(6-13)7-14/h8-9,14H,4-7,12H2,1-3H3/t8?,9-/m0/s1. The quantitative estimate of drug-likeness (QED) is 0.690. The molecule has 1 saturated heterocycles. The first-order chi connectivity index (χ1) is 6.86. The number of carbonyl (C=O) groups excluding carboxylic acids is 1. The third-order valence-electron chi connectivity index (χ3n) is 3.05. The highest BCUT2D eigenvalue weighted by atomic mass is 16.3. The molecule has 1 rings (SSSR count). The number of aliphatic hydroxyl groups excluding tert-OH is 1. The van der Waals surface area contributed by atoms with Crippen LogP contribution >= 0.6 is 0 Å². The van der Waals surface area contributed by atoms with E-state index in [0.717, 1.165) is 13.0 Å². The molecule has 0 bridgehead atoms. The lowest BCUT2D eigenvalue weighted by Gasteiger charge is -2.29. The number of likely N-dealkylation sites (tertiary alicyclic amines) is 1. The van der Waals surface area contributed by atoms with Crippen molar-refractivity contribution in [1.82, 2.24) is 4.90 Å². The Kier molecular flexibility index (Phi) is 3.73. The highest BCUT2D eigenvalue weighted by Crippen LogP contribution is 2.22. The summed E-state index contributed by atoms with van der Waals surface area (Å²) in [7, 11) is 0. The van der Waals surface area contributed by atoms with E-state index in [-0.39, 0.29) is 23.8 Å². The minimum atomic E-state index is -0.449. The molecule has 88 valence electrons. The van der Waals surface area contributed by atoms with Gasteiger partial charge in [-0.2, -0.15) is 0 Å². The van der Waals surface area contributed by atoms with E-state index in [2.05, 4.69) is 0 Å². The maximum atomic E-state index is 12.0. The van der Waals surface area contributed by atoms with Crippen molar-refractivity contribution < 1.29 is 9.90 Å². The van der Waals surface area contributed by atoms with Gasteiger partial charge in [0, 0.05) is 25.6 Å². The molecule has 1 fully saturated rings. The molecule has 1 aliphatic rings. The van der Waals surface area contributed by atoms with Crippen LogP contribution in [0.15, 0.2) is 0 Å². The Bertz CT molecular complexity index is 235. The van der Waals surface area contributed by atoms with Gasteiger partial charge in [0.15, 0.2) is 0 Å². The van der Waals surface area contributed by atoms with Crippen LogP contribution in [-0.2, 0) is 4.79 Å². The van der Waals surface area contributed by atoms with Gasteiger partial charge in [-0.1, -0.05) is 20.8 Å². The summed E-state index contributed by atoms with van der Waals surface area (Å²) < 4.78 is 0. The van der Waals surface area contributed by atoms with Crippen molar-refractivity contribution in [3.63, 3.8) is 0 Å². The van der Waals surface area contributed by atoms with Gasteiger partial charge in [-0.05, 0) is 11.8 Å². The molecule has 15 heavy (non-hydrogen) atoms. The first kappa shape index (κ1) is 12.5. The molecule has 0 saturated carbocycles.